The summed E-state index contributed by atoms with van der Waals surface area (Å²) in [7, 11) is 0. The number of thioether (sulfide) groups is 1. The third kappa shape index (κ3) is 3.17. The summed E-state index contributed by atoms with van der Waals surface area (Å²) in [6.45, 7) is 2.64. The second-order valence-electron chi connectivity index (χ2n) is 5.51. The molecular formula is C15H17N5O2S. The third-order valence-corrected chi connectivity index (χ3v) is 4.67. The van der Waals surface area contributed by atoms with Gasteiger partial charge in [-0.15, -0.1) is 20.4 Å². The molecule has 0 radical (unpaired) electrons. The zero-order chi connectivity index (χ0) is 15.6. The van der Waals surface area contributed by atoms with Crippen molar-refractivity contribution in [2.45, 2.75) is 49.6 Å². The van der Waals surface area contributed by atoms with Crippen molar-refractivity contribution in [3.05, 3.63) is 41.8 Å². The van der Waals surface area contributed by atoms with Crippen molar-refractivity contribution in [2.75, 3.05) is 0 Å². The monoisotopic (exact) mass is 331 g/mol. The van der Waals surface area contributed by atoms with Crippen LogP contribution in [0.4, 0.5) is 0 Å². The van der Waals surface area contributed by atoms with Crippen LogP contribution < -0.4 is 0 Å². The number of hydrogen-bond acceptors (Lipinski definition) is 7. The standard InChI is InChI=1S/C15H17N5O2S/c1-2-12-16-17-13(22-12)9-23-15-19-18-14(10-5-6-10)20(15)8-11-4-3-7-21-11/h3-4,7,10H,2,5-6,8-9H2,1H3. The fourth-order valence-corrected chi connectivity index (χ4v) is 3.15. The van der Waals surface area contributed by atoms with Gasteiger partial charge in [0.2, 0.25) is 11.8 Å². The lowest BCUT2D eigenvalue weighted by atomic mass is 10.3. The molecular weight excluding hydrogens is 314 g/mol. The molecule has 3 heterocycles. The van der Waals surface area contributed by atoms with Crippen LogP contribution in [0, 0.1) is 0 Å². The number of rotatable bonds is 7. The lowest BCUT2D eigenvalue weighted by Gasteiger charge is -2.07. The van der Waals surface area contributed by atoms with Gasteiger partial charge in [0, 0.05) is 12.3 Å². The first kappa shape index (κ1) is 14.5. The Hall–Kier alpha value is -2.09. The van der Waals surface area contributed by atoms with Crippen LogP contribution in [-0.4, -0.2) is 25.0 Å². The van der Waals surface area contributed by atoms with Gasteiger partial charge in [0.15, 0.2) is 5.16 Å². The fourth-order valence-electron chi connectivity index (χ4n) is 2.37. The Morgan fingerprint density at radius 3 is 2.78 bits per heavy atom. The summed E-state index contributed by atoms with van der Waals surface area (Å²) in [4.78, 5) is 0. The summed E-state index contributed by atoms with van der Waals surface area (Å²) in [6, 6.07) is 3.87. The van der Waals surface area contributed by atoms with Crippen molar-refractivity contribution in [1.82, 2.24) is 25.0 Å². The van der Waals surface area contributed by atoms with Crippen LogP contribution in [0.1, 0.15) is 49.0 Å². The molecule has 4 rings (SSSR count). The third-order valence-electron chi connectivity index (χ3n) is 3.72. The molecule has 1 aliphatic carbocycles. The highest BCUT2D eigenvalue weighted by molar-refractivity contribution is 7.98. The lowest BCUT2D eigenvalue weighted by molar-refractivity contribution is 0.469. The summed E-state index contributed by atoms with van der Waals surface area (Å²) in [6.07, 6.45) is 4.81. The maximum absolute atomic E-state index is 5.55. The Morgan fingerprint density at radius 2 is 2.09 bits per heavy atom. The average Bonchev–Trinajstić information content (AvgIpc) is 2.99. The van der Waals surface area contributed by atoms with Crippen LogP contribution in [0.2, 0.25) is 0 Å². The average molecular weight is 331 g/mol. The first-order valence-electron chi connectivity index (χ1n) is 7.73. The molecule has 7 nitrogen and oxygen atoms in total. The predicted molar refractivity (Wildman–Crippen MR) is 83.0 cm³/mol. The van der Waals surface area contributed by atoms with Gasteiger partial charge in [-0.05, 0) is 25.0 Å². The fraction of sp³-hybridized carbons (Fsp3) is 0.467. The quantitative estimate of drug-likeness (QED) is 0.615. The van der Waals surface area contributed by atoms with E-state index in [4.69, 9.17) is 8.83 Å². The van der Waals surface area contributed by atoms with E-state index in [0.29, 0.717) is 30.0 Å². The highest BCUT2D eigenvalue weighted by atomic mass is 32.2. The Bertz CT molecular complexity index is 776. The van der Waals surface area contributed by atoms with E-state index in [1.807, 2.05) is 19.1 Å². The zero-order valence-electron chi connectivity index (χ0n) is 12.8. The highest BCUT2D eigenvalue weighted by Crippen LogP contribution is 2.40. The molecule has 0 N–H and O–H groups in total. The maximum atomic E-state index is 5.55. The first-order chi connectivity index (χ1) is 11.3. The van der Waals surface area contributed by atoms with Gasteiger partial charge in [-0.25, -0.2) is 0 Å². The minimum atomic E-state index is 0.530. The molecule has 0 aliphatic heterocycles. The molecule has 1 saturated carbocycles. The minimum Gasteiger partial charge on any atom is -0.467 e. The van der Waals surface area contributed by atoms with E-state index in [-0.39, 0.29) is 0 Å². The van der Waals surface area contributed by atoms with Gasteiger partial charge in [-0.1, -0.05) is 18.7 Å². The van der Waals surface area contributed by atoms with E-state index in [1.54, 1.807) is 18.0 Å². The van der Waals surface area contributed by atoms with Crippen molar-refractivity contribution in [3.8, 4) is 0 Å². The predicted octanol–water partition coefficient (Wildman–Crippen LogP) is 3.03. The van der Waals surface area contributed by atoms with Crippen molar-refractivity contribution in [1.29, 1.82) is 0 Å². The molecule has 3 aromatic rings. The highest BCUT2D eigenvalue weighted by Gasteiger charge is 2.30. The molecule has 8 heteroatoms. The van der Waals surface area contributed by atoms with Crippen LogP contribution >= 0.6 is 11.8 Å². The maximum Gasteiger partial charge on any atom is 0.226 e. The molecule has 0 saturated heterocycles. The van der Waals surface area contributed by atoms with Crippen molar-refractivity contribution < 1.29 is 8.83 Å². The zero-order valence-corrected chi connectivity index (χ0v) is 13.6. The van der Waals surface area contributed by atoms with Crippen LogP contribution in [-0.2, 0) is 18.7 Å². The summed E-state index contributed by atoms with van der Waals surface area (Å²) in [5.41, 5.74) is 0. The van der Waals surface area contributed by atoms with E-state index in [2.05, 4.69) is 25.0 Å². The van der Waals surface area contributed by atoms with Gasteiger partial charge >= 0.3 is 0 Å². The minimum absolute atomic E-state index is 0.530. The van der Waals surface area contributed by atoms with E-state index in [0.717, 1.165) is 23.2 Å². The van der Waals surface area contributed by atoms with E-state index < -0.39 is 0 Å². The summed E-state index contributed by atoms with van der Waals surface area (Å²) in [5, 5.41) is 17.6. The number of hydrogen-bond donors (Lipinski definition) is 0. The van der Waals surface area contributed by atoms with Gasteiger partial charge in [0.05, 0.1) is 18.6 Å². The van der Waals surface area contributed by atoms with Gasteiger partial charge < -0.3 is 8.83 Å². The lowest BCUT2D eigenvalue weighted by Crippen LogP contribution is -2.05. The molecule has 1 fully saturated rings. The summed E-state index contributed by atoms with van der Waals surface area (Å²) < 4.78 is 13.2. The number of aromatic nitrogens is 5. The molecule has 0 bridgehead atoms. The van der Waals surface area contributed by atoms with E-state index in [1.165, 1.54) is 12.8 Å². The van der Waals surface area contributed by atoms with E-state index >= 15 is 0 Å². The number of furan rings is 1. The van der Waals surface area contributed by atoms with Crippen LogP contribution in [0.5, 0.6) is 0 Å². The summed E-state index contributed by atoms with van der Waals surface area (Å²) in [5.74, 6) is 4.35. The second kappa shape index (κ2) is 6.19. The van der Waals surface area contributed by atoms with Gasteiger partial charge in [0.25, 0.3) is 0 Å². The van der Waals surface area contributed by atoms with Gasteiger partial charge in [-0.3, -0.25) is 4.57 Å². The van der Waals surface area contributed by atoms with Crippen LogP contribution in [0.15, 0.2) is 32.4 Å². The first-order valence-corrected chi connectivity index (χ1v) is 8.71. The van der Waals surface area contributed by atoms with Gasteiger partial charge in [-0.2, -0.15) is 0 Å². The molecule has 3 aromatic heterocycles. The molecule has 1 aliphatic rings. The summed E-state index contributed by atoms with van der Waals surface area (Å²) >= 11 is 1.56. The molecule has 0 amide bonds. The van der Waals surface area contributed by atoms with E-state index in [9.17, 15) is 0 Å². The largest absolute Gasteiger partial charge is 0.467 e. The number of aryl methyl sites for hydroxylation is 1. The number of nitrogens with zero attached hydrogens (tertiary/aromatic N) is 5. The second-order valence-corrected chi connectivity index (χ2v) is 6.45. The normalized spacial score (nSPS) is 14.5. The molecule has 120 valence electrons. The Kier molecular flexibility index (Phi) is 3.90. The van der Waals surface area contributed by atoms with Crippen molar-refractivity contribution in [3.63, 3.8) is 0 Å². The van der Waals surface area contributed by atoms with Crippen molar-refractivity contribution in [2.24, 2.45) is 0 Å². The van der Waals surface area contributed by atoms with Crippen molar-refractivity contribution >= 4 is 11.8 Å². The molecule has 0 atom stereocenters. The van der Waals surface area contributed by atoms with Crippen LogP contribution in [0.25, 0.3) is 0 Å². The molecule has 23 heavy (non-hydrogen) atoms. The smallest absolute Gasteiger partial charge is 0.226 e. The molecule has 0 spiro atoms. The van der Waals surface area contributed by atoms with Crippen LogP contribution in [0.3, 0.4) is 0 Å². The Labute approximate surface area is 137 Å². The topological polar surface area (TPSA) is 82.8 Å². The SMILES string of the molecule is CCc1nnc(CSc2nnc(C3CC3)n2Cc2ccco2)o1. The van der Waals surface area contributed by atoms with Gasteiger partial charge in [0.1, 0.15) is 11.6 Å². The Balaban J connectivity index is 1.52. The molecule has 0 unspecified atom stereocenters. The Morgan fingerprint density at radius 1 is 1.22 bits per heavy atom. The molecule has 0 aromatic carbocycles.